The molecule has 1 aliphatic rings. The molecule has 0 fully saturated rings. The molecule has 6 heteroatoms. The molecule has 0 atom stereocenters. The Morgan fingerprint density at radius 2 is 2.00 bits per heavy atom. The average molecular weight is 394 g/mol. The maximum absolute atomic E-state index is 12.7. The Morgan fingerprint density at radius 1 is 1.18 bits per heavy atom. The van der Waals surface area contributed by atoms with Crippen molar-refractivity contribution in [3.05, 3.63) is 70.7 Å². The van der Waals surface area contributed by atoms with Gasteiger partial charge < -0.3 is 4.74 Å². The van der Waals surface area contributed by atoms with Crippen molar-refractivity contribution in [3.8, 4) is 11.5 Å². The van der Waals surface area contributed by atoms with Gasteiger partial charge in [0.15, 0.2) is 5.13 Å². The molecule has 0 bridgehead atoms. The van der Waals surface area contributed by atoms with E-state index in [1.54, 1.807) is 23.5 Å². The predicted octanol–water partition coefficient (Wildman–Crippen LogP) is 4.96. The van der Waals surface area contributed by atoms with E-state index >= 15 is 0 Å². The molecule has 3 aromatic rings. The Labute approximate surface area is 169 Å². The number of nitrogens with zero attached hydrogens (tertiary/aromatic N) is 2. The third-order valence-corrected chi connectivity index (χ3v) is 5.64. The van der Waals surface area contributed by atoms with Crippen LogP contribution in [0, 0.1) is 0 Å². The highest BCUT2D eigenvalue weighted by Gasteiger charge is 2.21. The lowest BCUT2D eigenvalue weighted by atomic mass is 10.2. The Bertz CT molecular complexity index is 955. The minimum Gasteiger partial charge on any atom is -0.457 e. The van der Waals surface area contributed by atoms with Gasteiger partial charge >= 0.3 is 0 Å². The van der Waals surface area contributed by atoms with Gasteiger partial charge in [-0.25, -0.2) is 4.98 Å². The van der Waals surface area contributed by atoms with Crippen LogP contribution in [-0.4, -0.2) is 28.9 Å². The van der Waals surface area contributed by atoms with Crippen LogP contribution in [0.2, 0.25) is 0 Å². The van der Waals surface area contributed by atoms with Gasteiger partial charge in [0.25, 0.3) is 5.91 Å². The highest BCUT2D eigenvalue weighted by molar-refractivity contribution is 7.15. The van der Waals surface area contributed by atoms with Gasteiger partial charge in [0.05, 0.1) is 5.69 Å². The molecule has 1 aromatic heterocycles. The van der Waals surface area contributed by atoms with E-state index in [1.807, 2.05) is 42.5 Å². The topological polar surface area (TPSA) is 54.5 Å². The minimum absolute atomic E-state index is 0.171. The van der Waals surface area contributed by atoms with Crippen LogP contribution in [0.5, 0.6) is 11.5 Å². The first-order valence-electron chi connectivity index (χ1n) is 9.56. The molecule has 4 rings (SSSR count). The van der Waals surface area contributed by atoms with Crippen molar-refractivity contribution in [1.82, 2.24) is 9.88 Å². The highest BCUT2D eigenvalue weighted by Crippen LogP contribution is 2.29. The molecular weight excluding hydrogens is 370 g/mol. The summed E-state index contributed by atoms with van der Waals surface area (Å²) in [6.07, 6.45) is 2.10. The van der Waals surface area contributed by atoms with Crippen LogP contribution in [0.15, 0.2) is 54.6 Å². The zero-order valence-corrected chi connectivity index (χ0v) is 16.7. The number of aromatic nitrogens is 1. The van der Waals surface area contributed by atoms with Gasteiger partial charge in [0.1, 0.15) is 11.5 Å². The van der Waals surface area contributed by atoms with Crippen molar-refractivity contribution < 1.29 is 9.53 Å². The van der Waals surface area contributed by atoms with Crippen molar-refractivity contribution >= 4 is 22.4 Å². The fourth-order valence-electron chi connectivity index (χ4n) is 3.30. The molecule has 144 valence electrons. The summed E-state index contributed by atoms with van der Waals surface area (Å²) in [4.78, 5) is 21.0. The molecule has 2 heterocycles. The molecule has 0 saturated carbocycles. The SMILES string of the molecule is CCCN1CCc2nc(NC(=O)c3cccc(Oc4ccccc4)c3)sc2C1. The Morgan fingerprint density at radius 3 is 2.82 bits per heavy atom. The van der Waals surface area contributed by atoms with Crippen LogP contribution in [0.1, 0.15) is 34.3 Å². The maximum atomic E-state index is 12.7. The number of rotatable bonds is 6. The molecule has 0 spiro atoms. The summed E-state index contributed by atoms with van der Waals surface area (Å²) in [5, 5.41) is 3.62. The number of amides is 1. The molecule has 0 radical (unpaired) electrons. The monoisotopic (exact) mass is 393 g/mol. The van der Waals surface area contributed by atoms with E-state index in [-0.39, 0.29) is 5.91 Å². The van der Waals surface area contributed by atoms with Crippen LogP contribution in [0.3, 0.4) is 0 Å². The zero-order chi connectivity index (χ0) is 19.3. The van der Waals surface area contributed by atoms with Crippen LogP contribution in [-0.2, 0) is 13.0 Å². The fraction of sp³-hybridized carbons (Fsp3) is 0.273. The lowest BCUT2D eigenvalue weighted by Gasteiger charge is -2.24. The lowest BCUT2D eigenvalue weighted by molar-refractivity contribution is 0.102. The summed E-state index contributed by atoms with van der Waals surface area (Å²) < 4.78 is 5.82. The van der Waals surface area contributed by atoms with E-state index in [0.717, 1.165) is 43.9 Å². The van der Waals surface area contributed by atoms with Gasteiger partial charge in [-0.3, -0.25) is 15.0 Å². The molecular formula is C22H23N3O2S. The van der Waals surface area contributed by atoms with Gasteiger partial charge in [0, 0.05) is 30.0 Å². The third-order valence-electron chi connectivity index (χ3n) is 4.65. The van der Waals surface area contributed by atoms with Crippen LogP contribution in [0.4, 0.5) is 5.13 Å². The van der Waals surface area contributed by atoms with Crippen molar-refractivity contribution in [2.75, 3.05) is 18.4 Å². The molecule has 1 aliphatic heterocycles. The summed E-state index contributed by atoms with van der Waals surface area (Å²) in [5.41, 5.74) is 1.67. The summed E-state index contributed by atoms with van der Waals surface area (Å²) in [5.74, 6) is 1.20. The predicted molar refractivity (Wildman–Crippen MR) is 112 cm³/mol. The highest BCUT2D eigenvalue weighted by atomic mass is 32.1. The van der Waals surface area contributed by atoms with Crippen molar-refractivity contribution in [2.24, 2.45) is 0 Å². The van der Waals surface area contributed by atoms with Gasteiger partial charge in [-0.1, -0.05) is 31.2 Å². The van der Waals surface area contributed by atoms with Gasteiger partial charge in [-0.2, -0.15) is 0 Å². The number of carbonyl (C=O) groups is 1. The molecule has 0 saturated heterocycles. The molecule has 5 nitrogen and oxygen atoms in total. The summed E-state index contributed by atoms with van der Waals surface area (Å²) >= 11 is 1.58. The van der Waals surface area contributed by atoms with E-state index in [0.29, 0.717) is 16.4 Å². The molecule has 1 N–H and O–H groups in total. The van der Waals surface area contributed by atoms with E-state index in [2.05, 4.69) is 22.1 Å². The second-order valence-corrected chi connectivity index (χ2v) is 7.90. The molecule has 0 unspecified atom stereocenters. The second kappa shape index (κ2) is 8.54. The number of nitrogens with one attached hydrogen (secondary N) is 1. The minimum atomic E-state index is -0.171. The number of ether oxygens (including phenoxy) is 1. The van der Waals surface area contributed by atoms with E-state index in [4.69, 9.17) is 4.74 Å². The number of hydrogen-bond acceptors (Lipinski definition) is 5. The van der Waals surface area contributed by atoms with E-state index in [1.165, 1.54) is 4.88 Å². The van der Waals surface area contributed by atoms with Gasteiger partial charge in [0.2, 0.25) is 0 Å². The number of benzene rings is 2. The number of para-hydroxylation sites is 1. The molecule has 1 amide bonds. The van der Waals surface area contributed by atoms with Gasteiger partial charge in [-0.15, -0.1) is 11.3 Å². The first kappa shape index (κ1) is 18.7. The van der Waals surface area contributed by atoms with Crippen LogP contribution < -0.4 is 10.1 Å². The number of carbonyl (C=O) groups excluding carboxylic acids is 1. The normalized spacial score (nSPS) is 13.8. The Kier molecular flexibility index (Phi) is 5.69. The summed E-state index contributed by atoms with van der Waals surface area (Å²) in [7, 11) is 0. The molecule has 0 aliphatic carbocycles. The first-order chi connectivity index (χ1) is 13.7. The third kappa shape index (κ3) is 4.40. The number of anilines is 1. The van der Waals surface area contributed by atoms with Crippen LogP contribution in [0.25, 0.3) is 0 Å². The smallest absolute Gasteiger partial charge is 0.257 e. The van der Waals surface area contributed by atoms with Gasteiger partial charge in [-0.05, 0) is 43.3 Å². The average Bonchev–Trinajstić information content (AvgIpc) is 3.11. The van der Waals surface area contributed by atoms with Crippen LogP contribution >= 0.6 is 11.3 Å². The quantitative estimate of drug-likeness (QED) is 0.643. The number of hydrogen-bond donors (Lipinski definition) is 1. The van der Waals surface area contributed by atoms with E-state index in [9.17, 15) is 4.79 Å². The maximum Gasteiger partial charge on any atom is 0.257 e. The van der Waals surface area contributed by atoms with Crippen molar-refractivity contribution in [3.63, 3.8) is 0 Å². The largest absolute Gasteiger partial charge is 0.457 e. The summed E-state index contributed by atoms with van der Waals surface area (Å²) in [6.45, 7) is 5.27. The first-order valence-corrected chi connectivity index (χ1v) is 10.4. The number of fused-ring (bicyclic) bond motifs is 1. The second-order valence-electron chi connectivity index (χ2n) is 6.81. The van der Waals surface area contributed by atoms with Crippen molar-refractivity contribution in [1.29, 1.82) is 0 Å². The molecule has 28 heavy (non-hydrogen) atoms. The van der Waals surface area contributed by atoms with E-state index < -0.39 is 0 Å². The lowest BCUT2D eigenvalue weighted by Crippen LogP contribution is -2.30. The Hall–Kier alpha value is -2.70. The number of thiazole rings is 1. The van der Waals surface area contributed by atoms with Crippen molar-refractivity contribution in [2.45, 2.75) is 26.3 Å². The zero-order valence-electron chi connectivity index (χ0n) is 15.9. The fourth-order valence-corrected chi connectivity index (χ4v) is 4.35. The standard InChI is InChI=1S/C22H23N3O2S/c1-2-12-25-13-11-19-20(15-25)28-22(23-19)24-21(26)16-7-6-10-18(14-16)27-17-8-4-3-5-9-17/h3-10,14H,2,11-13,15H2,1H3,(H,23,24,26). The molecule has 2 aromatic carbocycles. The summed E-state index contributed by atoms with van der Waals surface area (Å²) in [6, 6.07) is 16.7. The Balaban J connectivity index is 1.44.